The minimum atomic E-state index is -4.94. The molecule has 0 bridgehead atoms. The minimum absolute atomic E-state index is 1.01. The number of aromatic nitrogens is 3. The molecule has 0 aliphatic heterocycles. The molecule has 2 heterocycles. The second-order valence-corrected chi connectivity index (χ2v) is 5.30. The first kappa shape index (κ1) is 14.6. The first-order valence-electron chi connectivity index (χ1n) is 6.20. The van der Waals surface area contributed by atoms with Crippen LogP contribution in [0, 0.1) is 10.2 Å². The van der Waals surface area contributed by atoms with E-state index in [9.17, 15) is 0 Å². The summed E-state index contributed by atoms with van der Waals surface area (Å²) in [5.41, 5.74) is 2.18. The average molecular weight is 320 g/mol. The summed E-state index contributed by atoms with van der Waals surface area (Å²) >= 11 is 0. The molecule has 7 nitrogen and oxygen atoms in total. The lowest BCUT2D eigenvalue weighted by atomic mass is 10.1. The van der Waals surface area contributed by atoms with Crippen LogP contribution in [-0.4, -0.2) is 10.2 Å². The van der Waals surface area contributed by atoms with Gasteiger partial charge in [0.15, 0.2) is 0 Å². The molecule has 0 saturated heterocycles. The van der Waals surface area contributed by atoms with E-state index in [0.29, 0.717) is 0 Å². The van der Waals surface area contributed by atoms with Crippen molar-refractivity contribution in [3.63, 3.8) is 0 Å². The zero-order valence-corrected chi connectivity index (χ0v) is 11.9. The maximum absolute atomic E-state index is 8.49. The zero-order chi connectivity index (χ0) is 15.7. The molecular weight excluding hydrogens is 310 g/mol. The summed E-state index contributed by atoms with van der Waals surface area (Å²) in [5.74, 6) is 0. The minimum Gasteiger partial charge on any atom is -0.222 e. The van der Waals surface area contributed by atoms with E-state index in [4.69, 9.17) is 18.6 Å². The number of aromatic amines is 1. The van der Waals surface area contributed by atoms with Crippen molar-refractivity contribution in [2.75, 3.05) is 0 Å². The van der Waals surface area contributed by atoms with Crippen molar-refractivity contribution in [3.05, 3.63) is 54.9 Å². The van der Waals surface area contributed by atoms with Crippen LogP contribution in [0.1, 0.15) is 0 Å². The summed E-state index contributed by atoms with van der Waals surface area (Å²) in [6.07, 6.45) is 1.81. The Balaban J connectivity index is 0.000000254. The Kier molecular flexibility index (Phi) is 3.65. The molecule has 0 saturated carbocycles. The number of nitrogens with zero attached hydrogens (tertiary/aromatic N) is 2. The Labute approximate surface area is 126 Å². The van der Waals surface area contributed by atoms with Crippen LogP contribution in [0.5, 0.6) is 0 Å². The van der Waals surface area contributed by atoms with Crippen LogP contribution in [0.3, 0.4) is 0 Å². The molecule has 0 aliphatic rings. The number of hydrogen-bond acceptors (Lipinski definition) is 5. The predicted molar refractivity (Wildman–Crippen MR) is 66.8 cm³/mol. The Bertz CT molecular complexity index is 943. The first-order valence-corrected chi connectivity index (χ1v) is 7.44. The fourth-order valence-corrected chi connectivity index (χ4v) is 2.41. The summed E-state index contributed by atoms with van der Waals surface area (Å²) in [4.78, 5) is 0. The van der Waals surface area contributed by atoms with Gasteiger partial charge in [0.1, 0.15) is 5.52 Å². The highest BCUT2D eigenvalue weighted by atomic mass is 35.7. The van der Waals surface area contributed by atoms with Crippen molar-refractivity contribution in [2.24, 2.45) is 0 Å². The quantitative estimate of drug-likeness (QED) is 0.288. The van der Waals surface area contributed by atoms with Crippen LogP contribution in [0.25, 0.3) is 27.3 Å². The van der Waals surface area contributed by atoms with Crippen molar-refractivity contribution in [1.82, 2.24) is 10.2 Å². The third-order valence-corrected chi connectivity index (χ3v) is 3.23. The zero-order valence-electron chi connectivity index (χ0n) is 11.1. The van der Waals surface area contributed by atoms with Crippen molar-refractivity contribution in [3.8, 4) is 0 Å². The third kappa shape index (κ3) is 2.98. The van der Waals surface area contributed by atoms with E-state index >= 15 is 0 Å². The van der Waals surface area contributed by atoms with E-state index in [1.165, 1.54) is 21.7 Å². The van der Waals surface area contributed by atoms with E-state index in [1.54, 1.807) is 0 Å². The van der Waals surface area contributed by atoms with E-state index < -0.39 is 10.2 Å². The molecule has 8 heteroatoms. The van der Waals surface area contributed by atoms with Crippen molar-refractivity contribution >= 4 is 27.3 Å². The van der Waals surface area contributed by atoms with Gasteiger partial charge >= 0.3 is 0 Å². The molecule has 0 radical (unpaired) electrons. The third-order valence-electron chi connectivity index (χ3n) is 3.23. The molecular formula is C14H10ClN3O4. The summed E-state index contributed by atoms with van der Waals surface area (Å²) in [6, 6.07) is 16.9. The average Bonchev–Trinajstić information content (AvgIpc) is 2.93. The number of rotatable bonds is 0. The Hall–Kier alpha value is -2.29. The summed E-state index contributed by atoms with van der Waals surface area (Å²) < 4.78 is 36.0. The Morgan fingerprint density at radius 2 is 1.59 bits per heavy atom. The number of H-pyrrole nitrogens is 1. The Morgan fingerprint density at radius 1 is 0.864 bits per heavy atom. The van der Waals surface area contributed by atoms with Gasteiger partial charge in [-0.05, 0) is 22.9 Å². The Morgan fingerprint density at radius 3 is 2.36 bits per heavy atom. The summed E-state index contributed by atoms with van der Waals surface area (Å²) in [5, 5.41) is 10.8. The molecule has 1 N–H and O–H groups in total. The highest BCUT2D eigenvalue weighted by Gasteiger charge is 2.08. The molecule has 0 fully saturated rings. The number of pyridine rings is 1. The van der Waals surface area contributed by atoms with Gasteiger partial charge in [0.05, 0.1) is 0 Å². The van der Waals surface area contributed by atoms with Crippen LogP contribution >= 0.6 is 0 Å². The fraction of sp³-hybridized carbons (Fsp3) is 0. The normalized spacial score (nSPS) is 11.6. The van der Waals surface area contributed by atoms with E-state index in [1.807, 2.05) is 6.33 Å². The topological polar surface area (TPSA) is 125 Å². The highest BCUT2D eigenvalue weighted by Crippen LogP contribution is 2.23. The maximum Gasteiger partial charge on any atom is 0.270 e. The molecule has 4 aromatic rings. The fourth-order valence-electron chi connectivity index (χ4n) is 2.41. The van der Waals surface area contributed by atoms with Crippen molar-refractivity contribution < 1.29 is 33.3 Å². The largest absolute Gasteiger partial charge is 0.270 e. The number of fused-ring (bicyclic) bond motifs is 5. The molecule has 0 spiro atoms. The highest BCUT2D eigenvalue weighted by molar-refractivity contribution is 6.05. The molecule has 4 rings (SSSR count). The van der Waals surface area contributed by atoms with Gasteiger partial charge in [-0.2, -0.15) is 4.40 Å². The number of nitrogens with one attached hydrogen (secondary N) is 1. The first-order chi connectivity index (χ1) is 10.4. The van der Waals surface area contributed by atoms with E-state index in [2.05, 4.69) is 63.1 Å². The van der Waals surface area contributed by atoms with Gasteiger partial charge in [0.2, 0.25) is 0 Å². The molecule has 0 amide bonds. The van der Waals surface area contributed by atoms with Crippen LogP contribution in [0.4, 0.5) is 0 Å². The lowest BCUT2D eigenvalue weighted by Gasteiger charge is -2.17. The number of benzene rings is 2. The maximum atomic E-state index is 8.49. The van der Waals surface area contributed by atoms with E-state index in [-0.39, 0.29) is 0 Å². The lowest BCUT2D eigenvalue weighted by Crippen LogP contribution is -2.68. The summed E-state index contributed by atoms with van der Waals surface area (Å²) in [6.45, 7) is 0. The van der Waals surface area contributed by atoms with Gasteiger partial charge in [0.25, 0.3) is 12.0 Å². The summed E-state index contributed by atoms with van der Waals surface area (Å²) in [7, 11) is -4.94. The molecule has 0 unspecified atom stereocenters. The van der Waals surface area contributed by atoms with E-state index in [0.717, 1.165) is 5.65 Å². The molecule has 2 aromatic heterocycles. The lowest BCUT2D eigenvalue weighted by molar-refractivity contribution is -2.00. The molecule has 2 aromatic carbocycles. The number of hydrogen-bond donors (Lipinski definition) is 1. The molecule has 22 heavy (non-hydrogen) atoms. The molecule has 0 aliphatic carbocycles. The molecule has 112 valence electrons. The van der Waals surface area contributed by atoms with Crippen molar-refractivity contribution in [2.45, 2.75) is 0 Å². The predicted octanol–water partition coefficient (Wildman–Crippen LogP) is -2.30. The van der Waals surface area contributed by atoms with Gasteiger partial charge < -0.3 is 0 Å². The van der Waals surface area contributed by atoms with Crippen LogP contribution < -0.4 is 23.0 Å². The second kappa shape index (κ2) is 5.48. The van der Waals surface area contributed by atoms with Gasteiger partial charge in [0, 0.05) is 16.6 Å². The monoisotopic (exact) mass is 319 g/mol. The standard InChI is InChI=1S/C14H9N3.ClHO4/c1-2-4-11-10(3-1)5-7-13-12(11)6-8-14-16-15-9-17(13)14;2-1(3,4)5/h1-9H;(H,2,3,4,5). The SMILES string of the molecule is [O-][Cl+3]([O-])([O-])[O-].c1ccc2c(c1)ccc1c2ccc2[nH]nc[n+]21. The van der Waals surface area contributed by atoms with Crippen molar-refractivity contribution in [1.29, 1.82) is 0 Å². The van der Waals surface area contributed by atoms with Gasteiger partial charge in [-0.1, -0.05) is 30.3 Å². The van der Waals surface area contributed by atoms with Crippen LogP contribution in [-0.2, 0) is 0 Å². The van der Waals surface area contributed by atoms with Gasteiger partial charge in [-0.25, -0.2) is 18.6 Å². The molecule has 0 atom stereocenters. The van der Waals surface area contributed by atoms with Gasteiger partial charge in [-0.15, -0.1) is 15.3 Å². The number of halogens is 1. The van der Waals surface area contributed by atoms with Crippen LogP contribution in [0.2, 0.25) is 0 Å². The van der Waals surface area contributed by atoms with Gasteiger partial charge in [-0.3, -0.25) is 0 Å². The van der Waals surface area contributed by atoms with Crippen LogP contribution in [0.15, 0.2) is 54.9 Å². The smallest absolute Gasteiger partial charge is 0.222 e. The second-order valence-electron chi connectivity index (χ2n) is 4.54.